The van der Waals surface area contributed by atoms with Gasteiger partial charge in [0.25, 0.3) is 0 Å². The number of hydrogen-bond donors (Lipinski definition) is 2. The number of H-pyrrole nitrogens is 1. The number of rotatable bonds is 2. The quantitative estimate of drug-likeness (QED) is 0.619. The minimum absolute atomic E-state index is 0.0518. The molecule has 0 radical (unpaired) electrons. The molecule has 5 heteroatoms. The van der Waals surface area contributed by atoms with E-state index >= 15 is 0 Å². The summed E-state index contributed by atoms with van der Waals surface area (Å²) < 4.78 is 0. The van der Waals surface area contributed by atoms with Crippen LogP contribution in [0.3, 0.4) is 0 Å². The molecular weight excluding hydrogens is 228 g/mol. The summed E-state index contributed by atoms with van der Waals surface area (Å²) in [6.45, 7) is 8.28. The Morgan fingerprint density at radius 2 is 2.17 bits per heavy atom. The fourth-order valence-electron chi connectivity index (χ4n) is 2.94. The monoisotopic (exact) mass is 250 g/mol. The van der Waals surface area contributed by atoms with Crippen LogP contribution in [0.2, 0.25) is 0 Å². The molecule has 18 heavy (non-hydrogen) atoms. The summed E-state index contributed by atoms with van der Waals surface area (Å²) in [5, 5.41) is 1.83. The SMILES string of the molecule is CC1(C)CCC(C(=O)c2ncc[nH]2)C(C)(C)N1N. The molecule has 2 heterocycles. The van der Waals surface area contributed by atoms with E-state index in [1.165, 1.54) is 0 Å². The van der Waals surface area contributed by atoms with Crippen molar-refractivity contribution in [3.8, 4) is 0 Å². The van der Waals surface area contributed by atoms with Crippen LogP contribution in [0.5, 0.6) is 0 Å². The van der Waals surface area contributed by atoms with Crippen molar-refractivity contribution in [1.29, 1.82) is 0 Å². The first kappa shape index (κ1) is 13.2. The maximum Gasteiger partial charge on any atom is 0.202 e. The Hall–Kier alpha value is -1.20. The van der Waals surface area contributed by atoms with Gasteiger partial charge in [0.05, 0.1) is 0 Å². The Balaban J connectivity index is 2.28. The third-order valence-electron chi connectivity index (χ3n) is 4.22. The van der Waals surface area contributed by atoms with Gasteiger partial charge < -0.3 is 4.98 Å². The molecular formula is C13H22N4O. The lowest BCUT2D eigenvalue weighted by molar-refractivity contribution is -0.0565. The van der Waals surface area contributed by atoms with Crippen molar-refractivity contribution < 1.29 is 4.79 Å². The zero-order valence-corrected chi connectivity index (χ0v) is 11.5. The van der Waals surface area contributed by atoms with Crippen LogP contribution >= 0.6 is 0 Å². The molecule has 1 aliphatic heterocycles. The maximum atomic E-state index is 12.5. The average Bonchev–Trinajstić information content (AvgIpc) is 2.79. The van der Waals surface area contributed by atoms with Crippen LogP contribution in [-0.2, 0) is 0 Å². The highest BCUT2D eigenvalue weighted by molar-refractivity contribution is 5.95. The van der Waals surface area contributed by atoms with E-state index in [-0.39, 0.29) is 22.8 Å². The molecule has 1 unspecified atom stereocenters. The zero-order valence-electron chi connectivity index (χ0n) is 11.5. The first-order chi connectivity index (χ1) is 8.27. The molecule has 5 nitrogen and oxygen atoms in total. The number of Topliss-reactive ketones (excluding diaryl/α,β-unsaturated/α-hetero) is 1. The van der Waals surface area contributed by atoms with E-state index in [2.05, 4.69) is 23.8 Å². The molecule has 0 aromatic carbocycles. The summed E-state index contributed by atoms with van der Waals surface area (Å²) in [4.78, 5) is 19.4. The Morgan fingerprint density at radius 1 is 1.50 bits per heavy atom. The molecule has 1 aromatic rings. The van der Waals surface area contributed by atoms with Crippen molar-refractivity contribution >= 4 is 5.78 Å². The molecule has 1 saturated heterocycles. The van der Waals surface area contributed by atoms with Gasteiger partial charge in [0.15, 0.2) is 5.82 Å². The second kappa shape index (κ2) is 4.17. The van der Waals surface area contributed by atoms with Crippen LogP contribution in [0.4, 0.5) is 0 Å². The normalized spacial score (nSPS) is 27.1. The van der Waals surface area contributed by atoms with Gasteiger partial charge in [-0.2, -0.15) is 0 Å². The van der Waals surface area contributed by atoms with Gasteiger partial charge in [-0.05, 0) is 40.5 Å². The van der Waals surface area contributed by atoms with E-state index < -0.39 is 0 Å². The van der Waals surface area contributed by atoms with E-state index in [1.807, 2.05) is 18.9 Å². The summed E-state index contributed by atoms with van der Waals surface area (Å²) >= 11 is 0. The summed E-state index contributed by atoms with van der Waals surface area (Å²) in [6, 6.07) is 0. The predicted molar refractivity (Wildman–Crippen MR) is 69.8 cm³/mol. The van der Waals surface area contributed by atoms with Crippen molar-refractivity contribution in [1.82, 2.24) is 15.0 Å². The van der Waals surface area contributed by atoms with Crippen molar-refractivity contribution in [2.75, 3.05) is 0 Å². The molecule has 1 fully saturated rings. The maximum absolute atomic E-state index is 12.5. The number of nitrogens with one attached hydrogen (secondary N) is 1. The van der Waals surface area contributed by atoms with Crippen LogP contribution in [0.1, 0.15) is 51.2 Å². The van der Waals surface area contributed by atoms with E-state index in [0.29, 0.717) is 5.82 Å². The lowest BCUT2D eigenvalue weighted by Gasteiger charge is -2.53. The summed E-state index contributed by atoms with van der Waals surface area (Å²) in [7, 11) is 0. The third-order valence-corrected chi connectivity index (χ3v) is 4.22. The molecule has 0 saturated carbocycles. The molecule has 3 N–H and O–H groups in total. The summed E-state index contributed by atoms with van der Waals surface area (Å²) in [5.41, 5.74) is -0.449. The minimum atomic E-state index is -0.369. The van der Waals surface area contributed by atoms with Gasteiger partial charge in [0, 0.05) is 29.4 Å². The van der Waals surface area contributed by atoms with E-state index in [4.69, 9.17) is 5.84 Å². The Morgan fingerprint density at radius 3 is 2.72 bits per heavy atom. The highest BCUT2D eigenvalue weighted by Crippen LogP contribution is 2.40. The fourth-order valence-corrected chi connectivity index (χ4v) is 2.94. The summed E-state index contributed by atoms with van der Waals surface area (Å²) in [5.74, 6) is 6.58. The number of nitrogens with two attached hydrogens (primary N) is 1. The molecule has 1 aliphatic rings. The number of aromatic nitrogens is 2. The van der Waals surface area contributed by atoms with Gasteiger partial charge in [-0.1, -0.05) is 0 Å². The average molecular weight is 250 g/mol. The molecule has 0 aliphatic carbocycles. The number of nitrogens with zero attached hydrogens (tertiary/aromatic N) is 2. The van der Waals surface area contributed by atoms with E-state index in [9.17, 15) is 4.79 Å². The number of carbonyl (C=O) groups is 1. The smallest absolute Gasteiger partial charge is 0.202 e. The molecule has 0 amide bonds. The second-order valence-electron chi connectivity index (χ2n) is 6.23. The van der Waals surface area contributed by atoms with Crippen LogP contribution in [0, 0.1) is 5.92 Å². The van der Waals surface area contributed by atoms with Gasteiger partial charge in [-0.25, -0.2) is 9.99 Å². The molecule has 1 aromatic heterocycles. The molecule has 0 bridgehead atoms. The Bertz CT molecular complexity index is 436. The number of hydrazine groups is 1. The van der Waals surface area contributed by atoms with Crippen molar-refractivity contribution in [2.24, 2.45) is 11.8 Å². The largest absolute Gasteiger partial charge is 0.342 e. The Labute approximate surface area is 108 Å². The number of hydrogen-bond acceptors (Lipinski definition) is 4. The number of aromatic amines is 1. The van der Waals surface area contributed by atoms with Crippen molar-refractivity contribution in [3.63, 3.8) is 0 Å². The van der Waals surface area contributed by atoms with Gasteiger partial charge >= 0.3 is 0 Å². The van der Waals surface area contributed by atoms with E-state index in [1.54, 1.807) is 12.4 Å². The molecule has 100 valence electrons. The van der Waals surface area contributed by atoms with Gasteiger partial charge in [0.1, 0.15) is 0 Å². The van der Waals surface area contributed by atoms with Gasteiger partial charge in [-0.15, -0.1) is 0 Å². The van der Waals surface area contributed by atoms with Crippen molar-refractivity contribution in [2.45, 2.75) is 51.6 Å². The van der Waals surface area contributed by atoms with E-state index in [0.717, 1.165) is 12.8 Å². The number of imidazole rings is 1. The van der Waals surface area contributed by atoms with Crippen LogP contribution in [-0.4, -0.2) is 31.8 Å². The molecule has 0 spiro atoms. The highest BCUT2D eigenvalue weighted by Gasteiger charge is 2.49. The van der Waals surface area contributed by atoms with Crippen LogP contribution in [0.25, 0.3) is 0 Å². The predicted octanol–water partition coefficient (Wildman–Crippen LogP) is 1.74. The Kier molecular flexibility index (Phi) is 3.07. The molecule has 1 atom stereocenters. The summed E-state index contributed by atoms with van der Waals surface area (Å²) in [6.07, 6.45) is 5.03. The van der Waals surface area contributed by atoms with Crippen molar-refractivity contribution in [3.05, 3.63) is 18.2 Å². The second-order valence-corrected chi connectivity index (χ2v) is 6.23. The topological polar surface area (TPSA) is 75.0 Å². The lowest BCUT2D eigenvalue weighted by Crippen LogP contribution is -2.66. The van der Waals surface area contributed by atoms with Gasteiger partial charge in [-0.3, -0.25) is 10.6 Å². The highest BCUT2D eigenvalue weighted by atomic mass is 16.1. The number of piperidine rings is 1. The van der Waals surface area contributed by atoms with Crippen LogP contribution in [0.15, 0.2) is 12.4 Å². The van der Waals surface area contributed by atoms with Crippen LogP contribution < -0.4 is 5.84 Å². The van der Waals surface area contributed by atoms with Gasteiger partial charge in [0.2, 0.25) is 5.78 Å². The standard InChI is InChI=1S/C13H22N4O/c1-12(2)6-5-9(13(3,4)17(12)14)10(18)11-15-7-8-16-11/h7-9H,5-6,14H2,1-4H3,(H,15,16). The zero-order chi connectivity index (χ0) is 13.6. The fraction of sp³-hybridized carbons (Fsp3) is 0.692. The minimum Gasteiger partial charge on any atom is -0.342 e. The molecule has 2 rings (SSSR count). The first-order valence-electron chi connectivity index (χ1n) is 6.35. The third kappa shape index (κ3) is 1.97. The first-order valence-corrected chi connectivity index (χ1v) is 6.35. The number of carbonyl (C=O) groups excluding carboxylic acids is 1. The number of ketones is 1. The lowest BCUT2D eigenvalue weighted by atomic mass is 9.71.